The number of carbonyl (C=O) groups is 1. The molecule has 4 aromatic rings. The summed E-state index contributed by atoms with van der Waals surface area (Å²) in [6.07, 6.45) is 0.768. The second kappa shape index (κ2) is 10.6. The summed E-state index contributed by atoms with van der Waals surface area (Å²) in [7, 11) is -3.04. The minimum atomic E-state index is -3.04. The van der Waals surface area contributed by atoms with Crippen LogP contribution in [0.3, 0.4) is 0 Å². The van der Waals surface area contributed by atoms with Gasteiger partial charge in [-0.15, -0.1) is 0 Å². The third-order valence-electron chi connectivity index (χ3n) is 7.68. The number of nitrogens with zero attached hydrogens (tertiary/aromatic N) is 4. The lowest BCUT2D eigenvalue weighted by Gasteiger charge is -2.37. The number of rotatable bonds is 5. The maximum atomic E-state index is 13.4. The van der Waals surface area contributed by atoms with Gasteiger partial charge in [-0.25, -0.2) is 18.4 Å². The first-order valence-electron chi connectivity index (χ1n) is 13.4. The molecule has 0 bridgehead atoms. The highest BCUT2D eigenvalue weighted by Crippen LogP contribution is 2.36. The second-order valence-corrected chi connectivity index (χ2v) is 12.7. The Balaban J connectivity index is 1.44. The molecule has 2 aromatic carbocycles. The average Bonchev–Trinajstić information content (AvgIpc) is 3.31. The molecule has 0 saturated carbocycles. The summed E-state index contributed by atoms with van der Waals surface area (Å²) in [6.45, 7) is 5.38. The van der Waals surface area contributed by atoms with E-state index in [0.717, 1.165) is 33.5 Å². The smallest absolute Gasteiger partial charge is 0.289 e. The molecule has 2 aromatic heterocycles. The highest BCUT2D eigenvalue weighted by Gasteiger charge is 2.30. The van der Waals surface area contributed by atoms with Crippen molar-refractivity contribution in [3.63, 3.8) is 0 Å². The number of aryl methyl sites for hydroxylation is 2. The quantitative estimate of drug-likeness (QED) is 0.387. The van der Waals surface area contributed by atoms with E-state index in [1.54, 1.807) is 0 Å². The van der Waals surface area contributed by atoms with Gasteiger partial charge < -0.3 is 19.5 Å². The van der Waals surface area contributed by atoms with E-state index in [9.17, 15) is 13.2 Å². The van der Waals surface area contributed by atoms with Gasteiger partial charge >= 0.3 is 0 Å². The number of nitrogens with one attached hydrogen (secondary N) is 1. The van der Waals surface area contributed by atoms with Crippen molar-refractivity contribution in [1.82, 2.24) is 20.4 Å². The van der Waals surface area contributed by atoms with Crippen LogP contribution in [0.4, 0.5) is 5.82 Å². The first-order valence-corrected chi connectivity index (χ1v) is 15.3. The lowest BCUT2D eigenvalue weighted by Crippen LogP contribution is -2.42. The Hall–Kier alpha value is -3.83. The first kappa shape index (κ1) is 26.4. The van der Waals surface area contributed by atoms with Gasteiger partial charge in [0, 0.05) is 23.5 Å². The second-order valence-electron chi connectivity index (χ2n) is 10.4. The number of anilines is 1. The van der Waals surface area contributed by atoms with Crippen LogP contribution in [0.15, 0.2) is 53.1 Å². The molecule has 0 aliphatic carbocycles. The summed E-state index contributed by atoms with van der Waals surface area (Å²) in [5.74, 6) is 1.15. The van der Waals surface area contributed by atoms with Gasteiger partial charge in [0.05, 0.1) is 42.0 Å². The fourth-order valence-corrected chi connectivity index (χ4v) is 7.07. The Morgan fingerprint density at radius 1 is 1.05 bits per heavy atom. The van der Waals surface area contributed by atoms with Gasteiger partial charge in [0.15, 0.2) is 0 Å². The molecule has 0 unspecified atom stereocenters. The van der Waals surface area contributed by atoms with Crippen molar-refractivity contribution in [3.8, 4) is 11.1 Å². The number of aromatic nitrogens is 3. The maximum absolute atomic E-state index is 13.4. The van der Waals surface area contributed by atoms with Gasteiger partial charge in [-0.2, -0.15) is 0 Å². The number of hydrogen-bond donors (Lipinski definition) is 1. The zero-order chi connectivity index (χ0) is 27.9. The van der Waals surface area contributed by atoms with Gasteiger partial charge in [-0.3, -0.25) is 4.79 Å². The largest absolute Gasteiger partial charge is 0.377 e. The fourth-order valence-electron chi connectivity index (χ4n) is 5.58. The SMILES string of the molecule is Cc1noc(C)c1-c1ccc2nc(C(=O)NC3CCS(=O)(=O)CC3)nc(N3CCOC[C@@H]3c3ccccc3)c2c1. The first-order chi connectivity index (χ1) is 19.3. The standard InChI is InChI=1S/C29H31N5O5S/c1-18-26(19(2)39-33-18)21-8-9-24-23(16-21)28(34-12-13-38-17-25(34)20-6-4-3-5-7-20)32-27(31-24)29(35)30-22-10-14-40(36,37)15-11-22/h3-9,16,22,25H,10-15,17H2,1-2H3,(H,30,35)/t25-/m1/s1. The Morgan fingerprint density at radius 2 is 1.82 bits per heavy atom. The highest BCUT2D eigenvalue weighted by molar-refractivity contribution is 7.91. The van der Waals surface area contributed by atoms with Crippen molar-refractivity contribution in [2.45, 2.75) is 38.8 Å². The lowest BCUT2D eigenvalue weighted by atomic mass is 10.0. The molecule has 0 spiro atoms. The predicted molar refractivity (Wildman–Crippen MR) is 151 cm³/mol. The lowest BCUT2D eigenvalue weighted by molar-refractivity contribution is 0.0919. The van der Waals surface area contributed by atoms with Crippen LogP contribution < -0.4 is 10.2 Å². The van der Waals surface area contributed by atoms with E-state index in [4.69, 9.17) is 14.2 Å². The minimum Gasteiger partial charge on any atom is -0.377 e. The van der Waals surface area contributed by atoms with Gasteiger partial charge in [0.2, 0.25) is 5.82 Å². The number of hydrogen-bond acceptors (Lipinski definition) is 9. The molecule has 10 nitrogen and oxygen atoms in total. The number of morpholine rings is 1. The summed E-state index contributed by atoms with van der Waals surface area (Å²) in [5.41, 5.74) is 4.36. The highest BCUT2D eigenvalue weighted by atomic mass is 32.2. The molecule has 2 aliphatic rings. The van der Waals surface area contributed by atoms with Gasteiger partial charge in [0.1, 0.15) is 21.4 Å². The van der Waals surface area contributed by atoms with Crippen molar-refractivity contribution >= 4 is 32.5 Å². The predicted octanol–water partition coefficient (Wildman–Crippen LogP) is 3.79. The monoisotopic (exact) mass is 561 g/mol. The summed E-state index contributed by atoms with van der Waals surface area (Å²) < 4.78 is 35.0. The van der Waals surface area contributed by atoms with E-state index >= 15 is 0 Å². The van der Waals surface area contributed by atoms with Crippen LogP contribution in [0.25, 0.3) is 22.0 Å². The van der Waals surface area contributed by atoms with Crippen LogP contribution in [-0.4, -0.2) is 66.8 Å². The zero-order valence-corrected chi connectivity index (χ0v) is 23.3. The van der Waals surface area contributed by atoms with E-state index in [2.05, 4.69) is 32.5 Å². The van der Waals surface area contributed by atoms with Crippen LogP contribution in [-0.2, 0) is 14.6 Å². The Morgan fingerprint density at radius 3 is 2.55 bits per heavy atom. The molecule has 40 heavy (non-hydrogen) atoms. The minimum absolute atomic E-state index is 0.0549. The Bertz CT molecular complexity index is 1640. The molecule has 1 N–H and O–H groups in total. The molecule has 2 saturated heterocycles. The molecule has 2 fully saturated rings. The molecular weight excluding hydrogens is 530 g/mol. The maximum Gasteiger partial charge on any atom is 0.289 e. The van der Waals surface area contributed by atoms with Crippen molar-refractivity contribution in [2.24, 2.45) is 0 Å². The van der Waals surface area contributed by atoms with Gasteiger partial charge in [-0.05, 0) is 49.9 Å². The number of carbonyl (C=O) groups excluding carboxylic acids is 1. The Labute approximate surface area is 232 Å². The number of fused-ring (bicyclic) bond motifs is 1. The molecule has 1 atom stereocenters. The summed E-state index contributed by atoms with van der Waals surface area (Å²) >= 11 is 0. The molecule has 208 valence electrons. The van der Waals surface area contributed by atoms with Crippen molar-refractivity contribution in [1.29, 1.82) is 0 Å². The molecular formula is C29H31N5O5S. The van der Waals surface area contributed by atoms with Crippen molar-refractivity contribution in [2.75, 3.05) is 36.2 Å². The van der Waals surface area contributed by atoms with E-state index in [1.807, 2.05) is 50.2 Å². The van der Waals surface area contributed by atoms with Crippen LogP contribution in [0.2, 0.25) is 0 Å². The van der Waals surface area contributed by atoms with Crippen LogP contribution in [0, 0.1) is 13.8 Å². The fraction of sp³-hybridized carbons (Fsp3) is 0.379. The summed E-state index contributed by atoms with van der Waals surface area (Å²) in [4.78, 5) is 25.1. The third kappa shape index (κ3) is 5.18. The molecule has 11 heteroatoms. The van der Waals surface area contributed by atoms with E-state index in [-0.39, 0.29) is 29.4 Å². The molecule has 6 rings (SSSR count). The topological polar surface area (TPSA) is 128 Å². The van der Waals surface area contributed by atoms with E-state index in [0.29, 0.717) is 43.9 Å². The van der Waals surface area contributed by atoms with Crippen LogP contribution in [0.1, 0.15) is 46.5 Å². The van der Waals surface area contributed by atoms with Gasteiger partial charge in [-0.1, -0.05) is 41.6 Å². The Kier molecular flexibility index (Phi) is 7.01. The third-order valence-corrected chi connectivity index (χ3v) is 9.39. The normalized spacial score (nSPS) is 19.6. The van der Waals surface area contributed by atoms with Crippen LogP contribution in [0.5, 0.6) is 0 Å². The molecule has 0 radical (unpaired) electrons. The number of benzene rings is 2. The molecule has 4 heterocycles. The number of ether oxygens (including phenoxy) is 1. The molecule has 1 amide bonds. The average molecular weight is 562 g/mol. The summed E-state index contributed by atoms with van der Waals surface area (Å²) in [6, 6.07) is 15.6. The van der Waals surface area contributed by atoms with Gasteiger partial charge in [0.25, 0.3) is 5.91 Å². The van der Waals surface area contributed by atoms with Crippen molar-refractivity contribution in [3.05, 3.63) is 71.4 Å². The van der Waals surface area contributed by atoms with Crippen molar-refractivity contribution < 1.29 is 22.5 Å². The van der Waals surface area contributed by atoms with E-state index in [1.165, 1.54) is 0 Å². The molecule has 2 aliphatic heterocycles. The van der Waals surface area contributed by atoms with Crippen LogP contribution >= 0.6 is 0 Å². The number of amides is 1. The zero-order valence-electron chi connectivity index (χ0n) is 22.5. The van der Waals surface area contributed by atoms with E-state index < -0.39 is 15.7 Å². The summed E-state index contributed by atoms with van der Waals surface area (Å²) in [5, 5.41) is 7.89. The number of sulfone groups is 1.